The number of piperazine rings is 1. The largest absolute Gasteiger partial charge is 0.461 e. The van der Waals surface area contributed by atoms with E-state index in [1.807, 2.05) is 6.07 Å². The van der Waals surface area contributed by atoms with E-state index in [-0.39, 0.29) is 17.2 Å². The van der Waals surface area contributed by atoms with E-state index in [0.29, 0.717) is 26.2 Å². The minimum atomic E-state index is -3.66. The van der Waals surface area contributed by atoms with Crippen LogP contribution in [-0.4, -0.2) is 56.0 Å². The molecule has 2 aromatic rings. The fraction of sp³-hybridized carbons (Fsp3) is 0.450. The zero-order valence-corrected chi connectivity index (χ0v) is 17.6. The molecule has 1 saturated heterocycles. The van der Waals surface area contributed by atoms with Crippen LogP contribution in [0.4, 0.5) is 5.69 Å². The second-order valence-corrected chi connectivity index (χ2v) is 8.94. The van der Waals surface area contributed by atoms with Gasteiger partial charge in [0.15, 0.2) is 0 Å². The van der Waals surface area contributed by atoms with Crippen molar-refractivity contribution < 1.29 is 17.9 Å². The predicted molar refractivity (Wildman–Crippen MR) is 108 cm³/mol. The minimum absolute atomic E-state index is 0.123. The van der Waals surface area contributed by atoms with Gasteiger partial charge in [0, 0.05) is 45.1 Å². The van der Waals surface area contributed by atoms with Gasteiger partial charge in [-0.1, -0.05) is 12.1 Å². The molecule has 0 saturated carbocycles. The van der Waals surface area contributed by atoms with E-state index in [1.54, 1.807) is 14.0 Å². The number of hydrogen-bond acceptors (Lipinski definition) is 5. The Morgan fingerprint density at radius 2 is 1.82 bits per heavy atom. The quantitative estimate of drug-likeness (QED) is 0.714. The van der Waals surface area contributed by atoms with Gasteiger partial charge in [0.2, 0.25) is 10.0 Å². The first-order valence-corrected chi connectivity index (χ1v) is 10.8. The first-order chi connectivity index (χ1) is 13.3. The Balaban J connectivity index is 1.76. The summed E-state index contributed by atoms with van der Waals surface area (Å²) in [6, 6.07) is 7.58. The number of carbonyl (C=O) groups is 1. The van der Waals surface area contributed by atoms with E-state index in [9.17, 15) is 13.2 Å². The van der Waals surface area contributed by atoms with Gasteiger partial charge in [0.1, 0.15) is 10.6 Å². The molecule has 2 heterocycles. The number of hydrogen-bond donors (Lipinski definition) is 0. The molecule has 1 aliphatic heterocycles. The molecule has 3 rings (SSSR count). The van der Waals surface area contributed by atoms with Crippen molar-refractivity contribution in [3.63, 3.8) is 0 Å². The van der Waals surface area contributed by atoms with E-state index in [4.69, 9.17) is 4.74 Å². The average molecular weight is 406 g/mol. The summed E-state index contributed by atoms with van der Waals surface area (Å²) in [7, 11) is -2.02. The Morgan fingerprint density at radius 3 is 2.46 bits per heavy atom. The molecular formula is C20H27N3O4S. The highest BCUT2D eigenvalue weighted by atomic mass is 32.2. The maximum absolute atomic E-state index is 13.0. The minimum Gasteiger partial charge on any atom is -0.461 e. The molecule has 0 atom stereocenters. The number of aryl methyl sites for hydroxylation is 2. The number of ether oxygens (including phenoxy) is 1. The van der Waals surface area contributed by atoms with Gasteiger partial charge in [0.25, 0.3) is 0 Å². The van der Waals surface area contributed by atoms with Crippen molar-refractivity contribution >= 4 is 21.7 Å². The van der Waals surface area contributed by atoms with Crippen molar-refractivity contribution in [2.24, 2.45) is 7.05 Å². The van der Waals surface area contributed by atoms with Crippen LogP contribution < -0.4 is 4.90 Å². The summed E-state index contributed by atoms with van der Waals surface area (Å²) >= 11 is 0. The standard InChI is InChI=1S/C20H27N3O4S/c1-5-27-20(24)19-13-17(14-21(19)4)28(25,26)23-11-9-22(10-12-23)18-8-6-7-15(2)16(18)3/h6-8,13-14H,5,9-12H2,1-4H3. The van der Waals surface area contributed by atoms with Crippen molar-refractivity contribution in [2.45, 2.75) is 25.7 Å². The van der Waals surface area contributed by atoms with Crippen LogP contribution >= 0.6 is 0 Å². The van der Waals surface area contributed by atoms with Crippen LogP contribution in [-0.2, 0) is 21.8 Å². The Morgan fingerprint density at radius 1 is 1.14 bits per heavy atom. The Kier molecular flexibility index (Phi) is 5.81. The highest BCUT2D eigenvalue weighted by Gasteiger charge is 2.31. The molecular weight excluding hydrogens is 378 g/mol. The average Bonchev–Trinajstić information content (AvgIpc) is 3.07. The fourth-order valence-corrected chi connectivity index (χ4v) is 4.97. The number of carbonyl (C=O) groups excluding carboxylic acids is 1. The number of rotatable bonds is 5. The zero-order valence-electron chi connectivity index (χ0n) is 16.8. The molecule has 0 spiro atoms. The Bertz CT molecular complexity index is 973. The summed E-state index contributed by atoms with van der Waals surface area (Å²) in [5, 5.41) is 0. The molecule has 0 N–H and O–H groups in total. The molecule has 8 heteroatoms. The molecule has 0 unspecified atom stereocenters. The summed E-state index contributed by atoms with van der Waals surface area (Å²) in [5.41, 5.74) is 3.83. The Labute approximate surface area is 166 Å². The van der Waals surface area contributed by atoms with Gasteiger partial charge in [-0.3, -0.25) is 0 Å². The van der Waals surface area contributed by atoms with Gasteiger partial charge in [-0.15, -0.1) is 0 Å². The second-order valence-electron chi connectivity index (χ2n) is 7.00. The molecule has 1 aliphatic rings. The van der Waals surface area contributed by atoms with E-state index in [0.717, 1.165) is 5.69 Å². The van der Waals surface area contributed by atoms with Crippen LogP contribution in [0.5, 0.6) is 0 Å². The number of nitrogens with zero attached hydrogens (tertiary/aromatic N) is 3. The predicted octanol–water partition coefficient (Wildman–Crippen LogP) is 2.33. The van der Waals surface area contributed by atoms with Crippen LogP contribution in [0.1, 0.15) is 28.5 Å². The van der Waals surface area contributed by atoms with Gasteiger partial charge in [-0.2, -0.15) is 4.31 Å². The summed E-state index contributed by atoms with van der Waals surface area (Å²) in [6.45, 7) is 8.19. The van der Waals surface area contributed by atoms with Crippen molar-refractivity contribution in [1.29, 1.82) is 0 Å². The first kappa shape index (κ1) is 20.4. The summed E-state index contributed by atoms with van der Waals surface area (Å²) in [4.78, 5) is 14.3. The molecule has 152 valence electrons. The van der Waals surface area contributed by atoms with Crippen LogP contribution in [0.15, 0.2) is 35.4 Å². The second kappa shape index (κ2) is 7.97. The topological polar surface area (TPSA) is 71.8 Å². The summed E-state index contributed by atoms with van der Waals surface area (Å²) in [6.07, 6.45) is 1.47. The lowest BCUT2D eigenvalue weighted by Crippen LogP contribution is -2.48. The van der Waals surface area contributed by atoms with Crippen LogP contribution in [0.3, 0.4) is 0 Å². The third kappa shape index (κ3) is 3.79. The molecule has 28 heavy (non-hydrogen) atoms. The lowest BCUT2D eigenvalue weighted by atomic mass is 10.1. The number of benzene rings is 1. The summed E-state index contributed by atoms with van der Waals surface area (Å²) in [5.74, 6) is -0.522. The molecule has 1 fully saturated rings. The SMILES string of the molecule is CCOC(=O)c1cc(S(=O)(=O)N2CCN(c3cccc(C)c3C)CC2)cn1C. The normalized spacial score (nSPS) is 15.6. The molecule has 0 aliphatic carbocycles. The summed E-state index contributed by atoms with van der Waals surface area (Å²) < 4.78 is 34.1. The molecule has 7 nitrogen and oxygen atoms in total. The smallest absolute Gasteiger partial charge is 0.354 e. The van der Waals surface area contributed by atoms with Gasteiger partial charge < -0.3 is 14.2 Å². The highest BCUT2D eigenvalue weighted by molar-refractivity contribution is 7.89. The van der Waals surface area contributed by atoms with Gasteiger partial charge in [0.05, 0.1) is 6.61 Å². The number of sulfonamides is 1. The van der Waals surface area contributed by atoms with Crippen molar-refractivity contribution in [2.75, 3.05) is 37.7 Å². The van der Waals surface area contributed by atoms with Crippen molar-refractivity contribution in [1.82, 2.24) is 8.87 Å². The lowest BCUT2D eigenvalue weighted by molar-refractivity contribution is 0.0515. The zero-order chi connectivity index (χ0) is 20.5. The Hall–Kier alpha value is -2.32. The first-order valence-electron chi connectivity index (χ1n) is 9.40. The number of anilines is 1. The van der Waals surface area contributed by atoms with Crippen molar-refractivity contribution in [3.8, 4) is 0 Å². The maximum atomic E-state index is 13.0. The van der Waals surface area contributed by atoms with E-state index >= 15 is 0 Å². The fourth-order valence-electron chi connectivity index (χ4n) is 3.48. The van der Waals surface area contributed by atoms with Crippen LogP contribution in [0.25, 0.3) is 0 Å². The molecule has 0 bridgehead atoms. The van der Waals surface area contributed by atoms with E-state index in [2.05, 4.69) is 30.9 Å². The third-order valence-corrected chi connectivity index (χ3v) is 7.12. The van der Waals surface area contributed by atoms with Crippen LogP contribution in [0, 0.1) is 13.8 Å². The molecule has 0 radical (unpaired) electrons. The van der Waals surface area contributed by atoms with Crippen molar-refractivity contribution in [3.05, 3.63) is 47.3 Å². The van der Waals surface area contributed by atoms with E-state index in [1.165, 1.54) is 32.3 Å². The monoisotopic (exact) mass is 405 g/mol. The van der Waals surface area contributed by atoms with E-state index < -0.39 is 16.0 Å². The number of esters is 1. The van der Waals surface area contributed by atoms with Gasteiger partial charge in [-0.05, 0) is 44.0 Å². The van der Waals surface area contributed by atoms with Crippen LogP contribution in [0.2, 0.25) is 0 Å². The maximum Gasteiger partial charge on any atom is 0.354 e. The van der Waals surface area contributed by atoms with Gasteiger partial charge in [-0.25, -0.2) is 13.2 Å². The van der Waals surface area contributed by atoms with Gasteiger partial charge >= 0.3 is 5.97 Å². The molecule has 1 aromatic carbocycles. The molecule has 1 aromatic heterocycles. The third-order valence-electron chi connectivity index (χ3n) is 5.26. The highest BCUT2D eigenvalue weighted by Crippen LogP contribution is 2.26. The lowest BCUT2D eigenvalue weighted by Gasteiger charge is -2.36. The molecule has 0 amide bonds. The number of aromatic nitrogens is 1.